The van der Waals surface area contributed by atoms with Gasteiger partial charge in [-0.25, -0.2) is 0 Å². The number of hydrogen-bond donors (Lipinski definition) is 0. The average Bonchev–Trinajstić information content (AvgIpc) is 2.83. The molecule has 1 heteroatoms. The second-order valence-corrected chi connectivity index (χ2v) is 6.54. The predicted molar refractivity (Wildman–Crippen MR) is 110 cm³/mol. The molecule has 0 saturated heterocycles. The third-order valence-electron chi connectivity index (χ3n) is 5.10. The van der Waals surface area contributed by atoms with Crippen molar-refractivity contribution in [2.75, 3.05) is 0 Å². The molecule has 0 aromatic heterocycles. The Hall–Kier alpha value is -2.93. The summed E-state index contributed by atoms with van der Waals surface area (Å²) in [6.45, 7) is 4.00. The Morgan fingerprint density at radius 3 is 1.31 bits per heavy atom. The highest BCUT2D eigenvalue weighted by Crippen LogP contribution is 2.30. The Labute approximate surface area is 154 Å². The summed E-state index contributed by atoms with van der Waals surface area (Å²) in [6, 6.07) is 25.1. The Kier molecular flexibility index (Phi) is 4.30. The van der Waals surface area contributed by atoms with Crippen LogP contribution >= 0.6 is 0 Å². The van der Waals surface area contributed by atoms with Crippen LogP contribution in [0.2, 0.25) is 0 Å². The van der Waals surface area contributed by atoms with Crippen molar-refractivity contribution in [3.63, 3.8) is 0 Å². The third kappa shape index (κ3) is 2.70. The van der Waals surface area contributed by atoms with Crippen LogP contribution in [-0.4, -0.2) is 5.78 Å². The van der Waals surface area contributed by atoms with Crippen molar-refractivity contribution >= 4 is 27.3 Å². The van der Waals surface area contributed by atoms with Crippen LogP contribution in [0.5, 0.6) is 0 Å². The smallest absolute Gasteiger partial charge is 0.193 e. The van der Waals surface area contributed by atoms with E-state index in [4.69, 9.17) is 0 Å². The number of hydrogen-bond acceptors (Lipinski definition) is 1. The maximum absolute atomic E-state index is 13.2. The molecule has 1 aliphatic carbocycles. The first-order chi connectivity index (χ1) is 12.8. The van der Waals surface area contributed by atoms with Crippen LogP contribution in [0.4, 0.5) is 0 Å². The van der Waals surface area contributed by atoms with Gasteiger partial charge in [0.05, 0.1) is 0 Å². The number of ketones is 1. The molecule has 4 aromatic carbocycles. The van der Waals surface area contributed by atoms with E-state index in [-0.39, 0.29) is 5.78 Å². The molecular formula is C25H22O. The molecule has 0 radical (unpaired) electrons. The summed E-state index contributed by atoms with van der Waals surface area (Å²) in [4.78, 5) is 13.2. The van der Waals surface area contributed by atoms with Crippen molar-refractivity contribution in [2.24, 2.45) is 0 Å². The largest absolute Gasteiger partial charge is 0.289 e. The van der Waals surface area contributed by atoms with Gasteiger partial charge in [-0.2, -0.15) is 0 Å². The molecule has 5 rings (SSSR count). The zero-order chi connectivity index (χ0) is 18.1. The molecule has 0 amide bonds. The zero-order valence-electron chi connectivity index (χ0n) is 15.3. The molecule has 1 aliphatic rings. The lowest BCUT2D eigenvalue weighted by Crippen LogP contribution is -2.04. The van der Waals surface area contributed by atoms with Crippen molar-refractivity contribution in [3.05, 3.63) is 95.1 Å². The fourth-order valence-corrected chi connectivity index (χ4v) is 3.83. The highest BCUT2D eigenvalue weighted by atomic mass is 16.1. The molecule has 26 heavy (non-hydrogen) atoms. The van der Waals surface area contributed by atoms with E-state index in [1.807, 2.05) is 26.0 Å². The van der Waals surface area contributed by atoms with Gasteiger partial charge in [0, 0.05) is 11.1 Å². The number of fused-ring (bicyclic) bond motifs is 4. The predicted octanol–water partition coefficient (Wildman–Crippen LogP) is 6.35. The summed E-state index contributed by atoms with van der Waals surface area (Å²) >= 11 is 0. The summed E-state index contributed by atoms with van der Waals surface area (Å²) in [5.74, 6) is 0.161. The van der Waals surface area contributed by atoms with Gasteiger partial charge in [-0.05, 0) is 57.6 Å². The van der Waals surface area contributed by atoms with Gasteiger partial charge >= 0.3 is 0 Å². The van der Waals surface area contributed by atoms with Crippen molar-refractivity contribution in [1.29, 1.82) is 0 Å². The molecule has 4 aromatic rings. The van der Waals surface area contributed by atoms with E-state index in [1.165, 1.54) is 21.9 Å². The highest BCUT2D eigenvalue weighted by molar-refractivity contribution is 6.14. The lowest BCUT2D eigenvalue weighted by Gasteiger charge is -2.08. The minimum atomic E-state index is 0.161. The van der Waals surface area contributed by atoms with Crippen LogP contribution in [-0.2, 0) is 12.8 Å². The highest BCUT2D eigenvalue weighted by Gasteiger charge is 2.22. The van der Waals surface area contributed by atoms with Gasteiger partial charge in [0.15, 0.2) is 5.78 Å². The summed E-state index contributed by atoms with van der Waals surface area (Å²) in [5, 5.41) is 4.68. The van der Waals surface area contributed by atoms with Crippen molar-refractivity contribution < 1.29 is 4.79 Å². The molecule has 0 bridgehead atoms. The zero-order valence-corrected chi connectivity index (χ0v) is 15.3. The summed E-state index contributed by atoms with van der Waals surface area (Å²) < 4.78 is 0. The van der Waals surface area contributed by atoms with Gasteiger partial charge in [0.2, 0.25) is 0 Å². The molecule has 0 N–H and O–H groups in total. The van der Waals surface area contributed by atoms with Crippen LogP contribution in [0.25, 0.3) is 21.5 Å². The van der Waals surface area contributed by atoms with Gasteiger partial charge < -0.3 is 0 Å². The van der Waals surface area contributed by atoms with Crippen LogP contribution in [0.15, 0.2) is 72.8 Å². The van der Waals surface area contributed by atoms with Gasteiger partial charge in [-0.1, -0.05) is 74.5 Å². The normalized spacial score (nSPS) is 12.8. The molecule has 0 heterocycles. The minimum absolute atomic E-state index is 0.161. The molecule has 0 atom stereocenters. The Balaban J connectivity index is 0.000000814. The maximum Gasteiger partial charge on any atom is 0.193 e. The summed E-state index contributed by atoms with van der Waals surface area (Å²) in [5.41, 5.74) is 4.06. The van der Waals surface area contributed by atoms with E-state index in [9.17, 15) is 4.79 Å². The second kappa shape index (κ2) is 6.76. The first kappa shape index (κ1) is 16.5. The molecule has 0 unspecified atom stereocenters. The Bertz CT molecular complexity index is 1030. The topological polar surface area (TPSA) is 17.1 Å². The average molecular weight is 338 g/mol. The van der Waals surface area contributed by atoms with E-state index in [2.05, 4.69) is 60.7 Å². The fourth-order valence-electron chi connectivity index (χ4n) is 3.83. The minimum Gasteiger partial charge on any atom is -0.289 e. The molecular weight excluding hydrogens is 316 g/mol. The van der Waals surface area contributed by atoms with Crippen molar-refractivity contribution in [2.45, 2.75) is 26.7 Å². The van der Waals surface area contributed by atoms with Crippen molar-refractivity contribution in [1.82, 2.24) is 0 Å². The van der Waals surface area contributed by atoms with E-state index in [0.717, 1.165) is 34.7 Å². The molecule has 0 fully saturated rings. The van der Waals surface area contributed by atoms with E-state index in [0.29, 0.717) is 0 Å². The lowest BCUT2D eigenvalue weighted by atomic mass is 9.94. The van der Waals surface area contributed by atoms with Crippen LogP contribution < -0.4 is 0 Å². The van der Waals surface area contributed by atoms with Crippen LogP contribution in [0, 0.1) is 0 Å². The number of aryl methyl sites for hydroxylation is 2. The SMILES string of the molecule is CC.O=C1c2cc3ccccc3cc2CCc2cc3ccccc3cc21. The molecule has 0 saturated carbocycles. The van der Waals surface area contributed by atoms with E-state index < -0.39 is 0 Å². The summed E-state index contributed by atoms with van der Waals surface area (Å²) in [6.07, 6.45) is 1.83. The number of benzene rings is 4. The maximum atomic E-state index is 13.2. The number of rotatable bonds is 0. The summed E-state index contributed by atoms with van der Waals surface area (Å²) in [7, 11) is 0. The third-order valence-corrected chi connectivity index (χ3v) is 5.10. The van der Waals surface area contributed by atoms with E-state index >= 15 is 0 Å². The molecule has 128 valence electrons. The lowest BCUT2D eigenvalue weighted by molar-refractivity contribution is 0.103. The van der Waals surface area contributed by atoms with Crippen molar-refractivity contribution in [3.8, 4) is 0 Å². The van der Waals surface area contributed by atoms with Gasteiger partial charge in [0.25, 0.3) is 0 Å². The standard InChI is InChI=1S/C23H16O.C2H6/c24-23-21-13-17-7-3-1-5-15(17)11-19(21)9-10-20-12-16-6-2-4-8-18(16)14-22(20)23;1-2/h1-8,11-14H,9-10H2;1-2H3. The monoisotopic (exact) mass is 338 g/mol. The quantitative estimate of drug-likeness (QED) is 0.365. The van der Waals surface area contributed by atoms with Gasteiger partial charge in [-0.3, -0.25) is 4.79 Å². The number of carbonyl (C=O) groups excluding carboxylic acids is 1. The molecule has 1 nitrogen and oxygen atoms in total. The van der Waals surface area contributed by atoms with Crippen LogP contribution in [0.1, 0.15) is 40.9 Å². The van der Waals surface area contributed by atoms with E-state index in [1.54, 1.807) is 0 Å². The second-order valence-electron chi connectivity index (χ2n) is 6.54. The van der Waals surface area contributed by atoms with Gasteiger partial charge in [-0.15, -0.1) is 0 Å². The Morgan fingerprint density at radius 2 is 0.923 bits per heavy atom. The fraction of sp³-hybridized carbons (Fsp3) is 0.160. The van der Waals surface area contributed by atoms with Gasteiger partial charge in [0.1, 0.15) is 0 Å². The first-order valence-corrected chi connectivity index (χ1v) is 9.38. The number of carbonyl (C=O) groups is 1. The molecule has 0 spiro atoms. The Morgan fingerprint density at radius 1 is 0.577 bits per heavy atom. The molecule has 0 aliphatic heterocycles. The van der Waals surface area contributed by atoms with Crippen LogP contribution in [0.3, 0.4) is 0 Å². The first-order valence-electron chi connectivity index (χ1n) is 9.38.